The van der Waals surface area contributed by atoms with Crippen LogP contribution in [0.2, 0.25) is 0 Å². The van der Waals surface area contributed by atoms with E-state index in [9.17, 15) is 17.6 Å². The molecule has 30 heavy (non-hydrogen) atoms. The van der Waals surface area contributed by atoms with E-state index in [1.807, 2.05) is 0 Å². The lowest BCUT2D eigenvalue weighted by molar-refractivity contribution is -0.120. The average molecular weight is 487 g/mol. The molecule has 0 fully saturated rings. The van der Waals surface area contributed by atoms with Crippen molar-refractivity contribution in [2.75, 3.05) is 46.5 Å². The number of benzene rings is 1. The first-order chi connectivity index (χ1) is 14.1. The summed E-state index contributed by atoms with van der Waals surface area (Å²) >= 11 is 11.1. The zero-order valence-electron chi connectivity index (χ0n) is 16.9. The van der Waals surface area contributed by atoms with Crippen molar-refractivity contribution in [3.05, 3.63) is 36.8 Å². The maximum absolute atomic E-state index is 13.9. The highest BCUT2D eigenvalue weighted by molar-refractivity contribution is 7.90. The van der Waals surface area contributed by atoms with Crippen LogP contribution < -0.4 is 5.32 Å². The van der Waals surface area contributed by atoms with E-state index >= 15 is 0 Å². The van der Waals surface area contributed by atoms with Crippen molar-refractivity contribution in [3.63, 3.8) is 0 Å². The second-order valence-corrected chi connectivity index (χ2v) is 9.56. The maximum Gasteiger partial charge on any atom is 0.253 e. The largest absolute Gasteiger partial charge is 0.382 e. The van der Waals surface area contributed by atoms with E-state index in [4.69, 9.17) is 37.4 Å². The Kier molecular flexibility index (Phi) is 12.1. The van der Waals surface area contributed by atoms with Gasteiger partial charge in [-0.2, -0.15) is 0 Å². The molecule has 11 heteroatoms. The lowest BCUT2D eigenvalue weighted by Crippen LogP contribution is -2.46. The molecule has 0 aliphatic heterocycles. The van der Waals surface area contributed by atoms with Gasteiger partial charge >= 0.3 is 0 Å². The molecule has 0 aliphatic carbocycles. The predicted octanol–water partition coefficient (Wildman–Crippen LogP) is 2.31. The molecule has 1 rings (SSSR count). The SMILES string of the molecule is [CH2]C(OCCOCCOC)[C@H](c1ccc(S(C)(=O)=O)cc1)[C@@H](CF)NC(=O)C(Cl)Cl. The molecule has 0 saturated carbocycles. The Morgan fingerprint density at radius 2 is 1.77 bits per heavy atom. The van der Waals surface area contributed by atoms with Gasteiger partial charge in [-0.25, -0.2) is 12.8 Å². The van der Waals surface area contributed by atoms with Gasteiger partial charge in [0.1, 0.15) is 6.67 Å². The molecule has 1 amide bonds. The van der Waals surface area contributed by atoms with Crippen LogP contribution in [-0.4, -0.2) is 77.8 Å². The van der Waals surface area contributed by atoms with E-state index < -0.39 is 45.3 Å². The first kappa shape index (κ1) is 27.1. The molecule has 1 N–H and O–H groups in total. The minimum atomic E-state index is -3.40. The van der Waals surface area contributed by atoms with Gasteiger partial charge in [0.25, 0.3) is 5.91 Å². The molecule has 0 heterocycles. The van der Waals surface area contributed by atoms with Crippen LogP contribution in [0.15, 0.2) is 29.2 Å². The standard InChI is InChI=1S/C19H27Cl2FNO6S/c1-13(29-11-10-28-9-8-27-2)17(16(12-22)23-19(24)18(20)21)14-4-6-15(7-5-14)30(3,25)26/h4-7,13,16-18H,1,8-12H2,2-3H3,(H,23,24)/t13?,16-,17-/m1/s1. The zero-order chi connectivity index (χ0) is 22.7. The number of carbonyl (C=O) groups excluding carboxylic acids is 1. The molecule has 0 aromatic heterocycles. The summed E-state index contributed by atoms with van der Waals surface area (Å²) in [6.45, 7) is 4.28. The first-order valence-electron chi connectivity index (χ1n) is 9.07. The van der Waals surface area contributed by atoms with Crippen molar-refractivity contribution < 1.29 is 31.8 Å². The van der Waals surface area contributed by atoms with Crippen molar-refractivity contribution in [3.8, 4) is 0 Å². The van der Waals surface area contributed by atoms with Crippen LogP contribution in [0.4, 0.5) is 4.39 Å². The van der Waals surface area contributed by atoms with Crippen molar-refractivity contribution >= 4 is 38.9 Å². The van der Waals surface area contributed by atoms with Gasteiger partial charge < -0.3 is 19.5 Å². The zero-order valence-corrected chi connectivity index (χ0v) is 19.2. The third-order valence-electron chi connectivity index (χ3n) is 4.21. The maximum atomic E-state index is 13.9. The smallest absolute Gasteiger partial charge is 0.253 e. The normalized spacial score (nSPS) is 15.0. The van der Waals surface area contributed by atoms with Crippen LogP contribution >= 0.6 is 23.2 Å². The summed E-state index contributed by atoms with van der Waals surface area (Å²) in [5, 5.41) is 2.44. The van der Waals surface area contributed by atoms with Gasteiger partial charge in [-0.15, -0.1) is 0 Å². The van der Waals surface area contributed by atoms with E-state index in [1.165, 1.54) is 24.3 Å². The molecule has 0 aliphatic rings. The highest BCUT2D eigenvalue weighted by Gasteiger charge is 2.32. The van der Waals surface area contributed by atoms with Gasteiger partial charge in [0, 0.05) is 19.3 Å². The number of methoxy groups -OCH3 is 1. The molecule has 171 valence electrons. The number of hydrogen-bond donors (Lipinski definition) is 1. The number of nitrogens with one attached hydrogen (secondary N) is 1. The van der Waals surface area contributed by atoms with Crippen molar-refractivity contribution in [1.82, 2.24) is 5.32 Å². The van der Waals surface area contributed by atoms with Crippen LogP contribution in [0, 0.1) is 6.92 Å². The van der Waals surface area contributed by atoms with Gasteiger partial charge in [-0.1, -0.05) is 35.3 Å². The van der Waals surface area contributed by atoms with E-state index in [1.54, 1.807) is 7.11 Å². The number of amides is 1. The highest BCUT2D eigenvalue weighted by atomic mass is 35.5. The summed E-state index contributed by atoms with van der Waals surface area (Å²) in [4.78, 5) is 10.6. The van der Waals surface area contributed by atoms with Gasteiger partial charge in [-0.3, -0.25) is 4.79 Å². The molecule has 1 radical (unpaired) electrons. The van der Waals surface area contributed by atoms with E-state index in [-0.39, 0.29) is 18.1 Å². The lowest BCUT2D eigenvalue weighted by Gasteiger charge is -2.31. The molecule has 1 unspecified atom stereocenters. The summed E-state index contributed by atoms with van der Waals surface area (Å²) in [5.41, 5.74) is 0.534. The molecule has 1 aromatic carbocycles. The van der Waals surface area contributed by atoms with Crippen LogP contribution in [0.5, 0.6) is 0 Å². The summed E-state index contributed by atoms with van der Waals surface area (Å²) in [6, 6.07) is 4.83. The van der Waals surface area contributed by atoms with Crippen molar-refractivity contribution in [1.29, 1.82) is 0 Å². The molecule has 0 spiro atoms. The second-order valence-electron chi connectivity index (χ2n) is 6.45. The second kappa shape index (κ2) is 13.4. The molecular formula is C19H27Cl2FNO6S. The van der Waals surface area contributed by atoms with Crippen LogP contribution in [0.1, 0.15) is 11.5 Å². The Hall–Kier alpha value is -0.970. The van der Waals surface area contributed by atoms with Gasteiger partial charge in [-0.05, 0) is 24.6 Å². The average Bonchev–Trinajstić information content (AvgIpc) is 2.69. The minimum absolute atomic E-state index is 0.112. The Balaban J connectivity index is 3.01. The fourth-order valence-corrected chi connectivity index (χ4v) is 3.48. The van der Waals surface area contributed by atoms with Gasteiger partial charge in [0.2, 0.25) is 0 Å². The van der Waals surface area contributed by atoms with Crippen molar-refractivity contribution in [2.45, 2.75) is 27.8 Å². The Morgan fingerprint density at radius 1 is 1.17 bits per heavy atom. The summed E-state index contributed by atoms with van der Waals surface area (Å²) in [7, 11) is -1.84. The van der Waals surface area contributed by atoms with E-state index in [0.717, 1.165) is 6.26 Å². The van der Waals surface area contributed by atoms with Crippen LogP contribution in [-0.2, 0) is 28.8 Å². The van der Waals surface area contributed by atoms with Crippen LogP contribution in [0.3, 0.4) is 0 Å². The minimum Gasteiger partial charge on any atom is -0.382 e. The van der Waals surface area contributed by atoms with Gasteiger partial charge in [0.05, 0.1) is 43.5 Å². The third kappa shape index (κ3) is 9.03. The highest BCUT2D eigenvalue weighted by Crippen LogP contribution is 2.28. The number of ether oxygens (including phenoxy) is 3. The fourth-order valence-electron chi connectivity index (χ4n) is 2.72. The number of sulfone groups is 1. The molecule has 0 bridgehead atoms. The van der Waals surface area contributed by atoms with Crippen molar-refractivity contribution in [2.24, 2.45) is 0 Å². The third-order valence-corrected chi connectivity index (χ3v) is 5.74. The summed E-state index contributed by atoms with van der Waals surface area (Å²) in [6.07, 6.45) is 0.299. The fraction of sp³-hybridized carbons (Fsp3) is 0.579. The number of hydrogen-bond acceptors (Lipinski definition) is 6. The van der Waals surface area contributed by atoms with E-state index in [2.05, 4.69) is 12.2 Å². The molecular weight excluding hydrogens is 460 g/mol. The molecule has 1 aromatic rings. The molecule has 7 nitrogen and oxygen atoms in total. The van der Waals surface area contributed by atoms with Gasteiger partial charge in [0.15, 0.2) is 14.7 Å². The monoisotopic (exact) mass is 486 g/mol. The summed E-state index contributed by atoms with van der Waals surface area (Å²) in [5.74, 6) is -1.49. The Bertz CT molecular complexity index is 748. The molecule has 0 saturated heterocycles. The number of carbonyl (C=O) groups is 1. The quantitative estimate of drug-likeness (QED) is 0.320. The Labute approximate surface area is 187 Å². The summed E-state index contributed by atoms with van der Waals surface area (Å²) < 4.78 is 53.1. The lowest BCUT2D eigenvalue weighted by atomic mass is 9.87. The Morgan fingerprint density at radius 3 is 2.27 bits per heavy atom. The number of halogens is 3. The topological polar surface area (TPSA) is 90.9 Å². The first-order valence-corrected chi connectivity index (χ1v) is 11.8. The predicted molar refractivity (Wildman–Crippen MR) is 113 cm³/mol. The van der Waals surface area contributed by atoms with E-state index in [0.29, 0.717) is 18.8 Å². The molecule has 3 atom stereocenters. The number of alkyl halides is 3. The number of rotatable bonds is 14. The van der Waals surface area contributed by atoms with Crippen LogP contribution in [0.25, 0.3) is 0 Å².